The normalized spacial score (nSPS) is 17.5. The first kappa shape index (κ1) is 38.2. The number of rotatable bonds is 24. The third-order valence-electron chi connectivity index (χ3n) is 7.88. The number of carbonyl (C=O) groups excluding carboxylic acids is 2. The van der Waals surface area contributed by atoms with E-state index in [4.69, 9.17) is 24.5 Å². The van der Waals surface area contributed by atoms with Gasteiger partial charge in [-0.2, -0.15) is 0 Å². The molecule has 16 heteroatoms. The van der Waals surface area contributed by atoms with Crippen molar-refractivity contribution in [2.24, 2.45) is 0 Å². The zero-order valence-corrected chi connectivity index (χ0v) is 28.3. The summed E-state index contributed by atoms with van der Waals surface area (Å²) < 4.78 is 35.7. The second kappa shape index (κ2) is 19.5. The van der Waals surface area contributed by atoms with Crippen LogP contribution in [0.2, 0.25) is 0 Å². The van der Waals surface area contributed by atoms with Crippen LogP contribution in [0.1, 0.15) is 104 Å². The van der Waals surface area contributed by atoms with E-state index in [1.807, 2.05) is 0 Å². The molecular formula is C31H50N5O10P. The van der Waals surface area contributed by atoms with Crippen LogP contribution in [0.5, 0.6) is 0 Å². The van der Waals surface area contributed by atoms with E-state index in [2.05, 4.69) is 21.9 Å². The number of aliphatic hydroxyl groups excluding tert-OH is 2. The molecule has 0 bridgehead atoms. The van der Waals surface area contributed by atoms with Gasteiger partial charge in [-0.3, -0.25) is 13.9 Å². The van der Waals surface area contributed by atoms with Crippen molar-refractivity contribution in [3.05, 3.63) is 24.2 Å². The quantitative estimate of drug-likeness (QED) is 0.0600. The summed E-state index contributed by atoms with van der Waals surface area (Å²) in [6, 6.07) is 0. The van der Waals surface area contributed by atoms with Crippen molar-refractivity contribution in [1.29, 1.82) is 0 Å². The Balaban J connectivity index is 1.41. The van der Waals surface area contributed by atoms with Crippen LogP contribution in [0, 0.1) is 0 Å². The number of hydrogen-bond donors (Lipinski definition) is 4. The molecule has 0 fully saturated rings. The molecule has 0 aliphatic carbocycles. The fourth-order valence-electron chi connectivity index (χ4n) is 5.25. The van der Waals surface area contributed by atoms with Crippen LogP contribution >= 0.6 is 7.60 Å². The average Bonchev–Trinajstić information content (AvgIpc) is 3.56. The number of esters is 2. The molecule has 0 spiro atoms. The predicted molar refractivity (Wildman–Crippen MR) is 173 cm³/mol. The van der Waals surface area contributed by atoms with Gasteiger partial charge in [0.15, 0.2) is 23.3 Å². The van der Waals surface area contributed by atoms with Crippen molar-refractivity contribution in [3.63, 3.8) is 0 Å². The summed E-state index contributed by atoms with van der Waals surface area (Å²) in [5, 5.41) is 19.9. The topological polar surface area (TPSA) is 218 Å². The largest absolute Gasteiger partial charge is 0.505 e. The third-order valence-corrected chi connectivity index (χ3v) is 8.95. The fraction of sp³-hybridized carbons (Fsp3) is 0.710. The molecule has 1 aliphatic rings. The number of nitrogens with two attached hydrogens (primary N) is 1. The molecule has 2 aromatic rings. The van der Waals surface area contributed by atoms with E-state index in [9.17, 15) is 29.3 Å². The summed E-state index contributed by atoms with van der Waals surface area (Å²) in [5.41, 5.74) is 6.68. The first-order chi connectivity index (χ1) is 22.5. The number of imidazole rings is 1. The number of unbranched alkanes of at least 4 members (excludes halogenated alkanes) is 12. The van der Waals surface area contributed by atoms with E-state index >= 15 is 0 Å². The number of ether oxygens (including phenoxy) is 3. The Labute approximate surface area is 275 Å². The van der Waals surface area contributed by atoms with Crippen molar-refractivity contribution >= 4 is 36.5 Å². The second-order valence-corrected chi connectivity index (χ2v) is 13.7. The number of aliphatic hydroxyl groups is 2. The fourth-order valence-corrected chi connectivity index (χ4v) is 6.35. The van der Waals surface area contributed by atoms with Gasteiger partial charge >= 0.3 is 19.5 Å². The molecule has 0 radical (unpaired) electrons. The molecule has 47 heavy (non-hydrogen) atoms. The molecule has 3 heterocycles. The highest BCUT2D eigenvalue weighted by Gasteiger charge is 2.44. The van der Waals surface area contributed by atoms with Gasteiger partial charge in [0.2, 0.25) is 5.76 Å². The zero-order chi connectivity index (χ0) is 34.2. The highest BCUT2D eigenvalue weighted by Crippen LogP contribution is 2.45. The number of hydrogen-bond acceptors (Lipinski definition) is 13. The van der Waals surface area contributed by atoms with E-state index in [0.717, 1.165) is 19.3 Å². The van der Waals surface area contributed by atoms with Crippen LogP contribution in [0.25, 0.3) is 11.2 Å². The minimum Gasteiger partial charge on any atom is -0.505 e. The van der Waals surface area contributed by atoms with Gasteiger partial charge in [0.25, 0.3) is 0 Å². The van der Waals surface area contributed by atoms with Crippen LogP contribution in [0.4, 0.5) is 5.82 Å². The van der Waals surface area contributed by atoms with Crippen molar-refractivity contribution in [3.8, 4) is 0 Å². The Morgan fingerprint density at radius 3 is 2.23 bits per heavy atom. The molecule has 5 N–H and O–H groups in total. The van der Waals surface area contributed by atoms with E-state index in [1.54, 1.807) is 11.5 Å². The Hall–Kier alpha value is -3.26. The molecule has 4 atom stereocenters. The number of fused-ring (bicyclic) bond motifs is 1. The molecule has 2 unspecified atom stereocenters. The van der Waals surface area contributed by atoms with Gasteiger partial charge in [-0.15, -0.1) is 0 Å². The van der Waals surface area contributed by atoms with Crippen molar-refractivity contribution in [1.82, 2.24) is 19.5 Å². The van der Waals surface area contributed by atoms with Crippen molar-refractivity contribution in [2.75, 3.05) is 18.7 Å². The van der Waals surface area contributed by atoms with Crippen LogP contribution < -0.4 is 5.73 Å². The van der Waals surface area contributed by atoms with E-state index in [-0.39, 0.29) is 18.8 Å². The minimum absolute atomic E-state index is 0.124. The predicted octanol–water partition coefficient (Wildman–Crippen LogP) is 5.62. The Morgan fingerprint density at radius 1 is 1.02 bits per heavy atom. The molecule has 1 aliphatic heterocycles. The lowest BCUT2D eigenvalue weighted by Crippen LogP contribution is -2.36. The highest BCUT2D eigenvalue weighted by molar-refractivity contribution is 7.52. The molecular weight excluding hydrogens is 633 g/mol. The molecule has 15 nitrogen and oxygen atoms in total. The number of anilines is 1. The Morgan fingerprint density at radius 2 is 1.64 bits per heavy atom. The standard InChI is InChI=1S/C31H50N5O10P/c1-3-4-5-6-7-8-9-10-11-12-13-14-15-16-24(37)43-18-23(28-26(38)27(39)31(40)45-28)46-47(41,42)21-44-22(2)17-36-20-35-25-29(32)33-19-34-30(25)36/h19-20,22-23,28,38-39H,3-18,21H2,1-2H3,(H,41,42)(H2,32,33,34)/t22-,23?,28+/m1/s1. The number of nitrogen functional groups attached to an aromatic ring is 1. The first-order valence-corrected chi connectivity index (χ1v) is 18.3. The van der Waals surface area contributed by atoms with Crippen molar-refractivity contribution < 1.29 is 48.0 Å². The highest BCUT2D eigenvalue weighted by atomic mass is 31.2. The summed E-state index contributed by atoms with van der Waals surface area (Å²) in [6.07, 6.45) is 13.4. The third kappa shape index (κ3) is 12.7. The second-order valence-electron chi connectivity index (χ2n) is 12.0. The first-order valence-electron chi connectivity index (χ1n) is 16.5. The SMILES string of the molecule is CCCCCCCCCCCCCCCC(=O)OCC(OP(=O)(O)CO[C@H](C)Cn1cnc2c(N)ncnc21)[C@@H]1OC(=O)C(O)=C1O. The molecule has 2 aromatic heterocycles. The number of aromatic nitrogens is 4. The lowest BCUT2D eigenvalue weighted by molar-refractivity contribution is -0.153. The molecule has 0 saturated heterocycles. The molecule has 0 aromatic carbocycles. The number of nitrogens with zero attached hydrogens (tertiary/aromatic N) is 4. The van der Waals surface area contributed by atoms with Gasteiger partial charge in [0, 0.05) is 6.42 Å². The minimum atomic E-state index is -4.57. The van der Waals surface area contributed by atoms with Gasteiger partial charge < -0.3 is 39.6 Å². The van der Waals surface area contributed by atoms with Gasteiger partial charge in [-0.25, -0.2) is 19.7 Å². The van der Waals surface area contributed by atoms with Gasteiger partial charge in [-0.05, 0) is 13.3 Å². The Kier molecular flexibility index (Phi) is 15.9. The maximum atomic E-state index is 13.0. The van der Waals surface area contributed by atoms with E-state index < -0.39 is 62.3 Å². The van der Waals surface area contributed by atoms with E-state index in [0.29, 0.717) is 17.6 Å². The molecule has 3 rings (SSSR count). The van der Waals surface area contributed by atoms with Gasteiger partial charge in [0.1, 0.15) is 30.9 Å². The summed E-state index contributed by atoms with van der Waals surface area (Å²) in [4.78, 5) is 47.0. The smallest absolute Gasteiger partial charge is 0.377 e. The monoisotopic (exact) mass is 683 g/mol. The molecule has 0 saturated carbocycles. The maximum absolute atomic E-state index is 13.0. The summed E-state index contributed by atoms with van der Waals surface area (Å²) in [5.74, 6) is -3.56. The lowest BCUT2D eigenvalue weighted by Gasteiger charge is -2.25. The summed E-state index contributed by atoms with van der Waals surface area (Å²) in [7, 11) is -4.57. The Bertz CT molecular complexity index is 1370. The zero-order valence-electron chi connectivity index (χ0n) is 27.4. The molecule has 0 amide bonds. The summed E-state index contributed by atoms with van der Waals surface area (Å²) in [6.45, 7) is 3.46. The van der Waals surface area contributed by atoms with Crippen LogP contribution in [0.3, 0.4) is 0 Å². The van der Waals surface area contributed by atoms with Gasteiger partial charge in [0.05, 0.1) is 19.0 Å². The average molecular weight is 684 g/mol. The number of carbonyl (C=O) groups is 2. The van der Waals surface area contributed by atoms with Crippen LogP contribution in [-0.2, 0) is 39.4 Å². The van der Waals surface area contributed by atoms with Crippen molar-refractivity contribution in [2.45, 2.75) is 129 Å². The maximum Gasteiger partial charge on any atom is 0.377 e. The van der Waals surface area contributed by atoms with E-state index in [1.165, 1.54) is 70.4 Å². The van der Waals surface area contributed by atoms with Gasteiger partial charge in [-0.1, -0.05) is 84.0 Å². The van der Waals surface area contributed by atoms with Crippen LogP contribution in [0.15, 0.2) is 24.2 Å². The molecule has 264 valence electrons. The summed E-state index contributed by atoms with van der Waals surface area (Å²) >= 11 is 0. The lowest BCUT2D eigenvalue weighted by atomic mass is 10.0. The number of cyclic esters (lactones) is 1. The van der Waals surface area contributed by atoms with Crippen LogP contribution in [-0.4, -0.2) is 77.8 Å².